The number of anilines is 1. The third kappa shape index (κ3) is 4.25. The van der Waals surface area contributed by atoms with E-state index in [1.165, 1.54) is 24.4 Å². The highest BCUT2D eigenvalue weighted by Crippen LogP contribution is 2.31. The van der Waals surface area contributed by atoms with Crippen LogP contribution in [0.1, 0.15) is 11.5 Å². The molecule has 11 heteroatoms. The molecule has 0 fully saturated rings. The number of halogens is 1. The van der Waals surface area contributed by atoms with Crippen molar-refractivity contribution in [1.29, 1.82) is 0 Å². The zero-order chi connectivity index (χ0) is 22.0. The SMILES string of the molecule is COc1ccccc1-c1cc(CN(c2cc(C)on2)S(=O)(=O)c2ccc(Cl)nc2)on1. The minimum atomic E-state index is -4.05. The van der Waals surface area contributed by atoms with Crippen LogP contribution >= 0.6 is 11.6 Å². The lowest BCUT2D eigenvalue weighted by molar-refractivity contribution is 0.382. The molecule has 160 valence electrons. The number of ether oxygens (including phenoxy) is 1. The molecule has 0 aliphatic carbocycles. The number of rotatable bonds is 7. The van der Waals surface area contributed by atoms with Gasteiger partial charge in [-0.05, 0) is 31.2 Å². The number of para-hydroxylation sites is 1. The fourth-order valence-electron chi connectivity index (χ4n) is 2.91. The van der Waals surface area contributed by atoms with Crippen molar-refractivity contribution in [3.8, 4) is 17.0 Å². The lowest BCUT2D eigenvalue weighted by Gasteiger charge is -2.20. The van der Waals surface area contributed by atoms with Gasteiger partial charge in [0.25, 0.3) is 10.0 Å². The van der Waals surface area contributed by atoms with E-state index in [0.717, 1.165) is 4.31 Å². The Hall–Kier alpha value is -3.37. The van der Waals surface area contributed by atoms with Crippen molar-refractivity contribution in [2.75, 3.05) is 11.4 Å². The van der Waals surface area contributed by atoms with E-state index in [1.807, 2.05) is 18.2 Å². The van der Waals surface area contributed by atoms with Crippen molar-refractivity contribution >= 4 is 27.4 Å². The van der Waals surface area contributed by atoms with Crippen molar-refractivity contribution in [2.24, 2.45) is 0 Å². The molecule has 3 heterocycles. The van der Waals surface area contributed by atoms with Gasteiger partial charge in [-0.25, -0.2) is 17.7 Å². The standard InChI is InChI=1S/C20H17ClN4O5S/c1-13-9-20(24-29-13)25(31(26,27)15-7-8-19(21)22-11-15)12-14-10-17(23-30-14)16-5-3-4-6-18(16)28-2/h3-11H,12H2,1-2H3. The zero-order valence-corrected chi connectivity index (χ0v) is 18.1. The van der Waals surface area contributed by atoms with Gasteiger partial charge in [0.2, 0.25) is 0 Å². The van der Waals surface area contributed by atoms with Crippen LogP contribution in [0.5, 0.6) is 5.75 Å². The maximum absolute atomic E-state index is 13.3. The normalized spacial score (nSPS) is 11.5. The van der Waals surface area contributed by atoms with Crippen LogP contribution in [0.25, 0.3) is 11.3 Å². The van der Waals surface area contributed by atoms with Crippen molar-refractivity contribution in [3.05, 3.63) is 71.4 Å². The lowest BCUT2D eigenvalue weighted by atomic mass is 10.1. The number of pyridine rings is 1. The van der Waals surface area contributed by atoms with Gasteiger partial charge in [0, 0.05) is 23.9 Å². The van der Waals surface area contributed by atoms with Gasteiger partial charge in [0.1, 0.15) is 27.3 Å². The molecular formula is C20H17ClN4O5S. The molecule has 31 heavy (non-hydrogen) atoms. The Morgan fingerprint density at radius 2 is 1.90 bits per heavy atom. The molecule has 0 spiro atoms. The third-order valence-electron chi connectivity index (χ3n) is 4.40. The van der Waals surface area contributed by atoms with Crippen LogP contribution < -0.4 is 9.04 Å². The number of sulfonamides is 1. The van der Waals surface area contributed by atoms with Gasteiger partial charge in [-0.1, -0.05) is 34.0 Å². The van der Waals surface area contributed by atoms with Crippen LogP contribution in [0.4, 0.5) is 5.82 Å². The van der Waals surface area contributed by atoms with Crippen molar-refractivity contribution in [3.63, 3.8) is 0 Å². The monoisotopic (exact) mass is 460 g/mol. The van der Waals surface area contributed by atoms with E-state index in [-0.39, 0.29) is 22.4 Å². The molecule has 0 unspecified atom stereocenters. The fraction of sp³-hybridized carbons (Fsp3) is 0.150. The van der Waals surface area contributed by atoms with Gasteiger partial charge < -0.3 is 13.8 Å². The molecular weight excluding hydrogens is 444 g/mol. The Morgan fingerprint density at radius 1 is 1.10 bits per heavy atom. The Kier molecular flexibility index (Phi) is 5.66. The first kappa shape index (κ1) is 20.9. The van der Waals surface area contributed by atoms with Crippen LogP contribution in [-0.2, 0) is 16.6 Å². The molecule has 3 aromatic heterocycles. The van der Waals surface area contributed by atoms with Gasteiger partial charge in [-0.3, -0.25) is 0 Å². The lowest BCUT2D eigenvalue weighted by Crippen LogP contribution is -2.30. The van der Waals surface area contributed by atoms with Gasteiger partial charge in [0.15, 0.2) is 11.6 Å². The second-order valence-electron chi connectivity index (χ2n) is 6.50. The summed E-state index contributed by atoms with van der Waals surface area (Å²) in [5.74, 6) is 1.47. The number of benzene rings is 1. The van der Waals surface area contributed by atoms with E-state index in [2.05, 4.69) is 15.3 Å². The second-order valence-corrected chi connectivity index (χ2v) is 8.75. The predicted octanol–water partition coefficient (Wildman–Crippen LogP) is 4.09. The van der Waals surface area contributed by atoms with E-state index in [1.54, 1.807) is 26.2 Å². The van der Waals surface area contributed by atoms with E-state index < -0.39 is 10.0 Å². The van der Waals surface area contributed by atoms with Crippen LogP contribution in [0.15, 0.2) is 68.7 Å². The van der Waals surface area contributed by atoms with Gasteiger partial charge >= 0.3 is 0 Å². The predicted molar refractivity (Wildman–Crippen MR) is 112 cm³/mol. The molecule has 0 N–H and O–H groups in total. The molecule has 4 rings (SSSR count). The molecule has 0 saturated heterocycles. The Morgan fingerprint density at radius 3 is 2.58 bits per heavy atom. The molecule has 9 nitrogen and oxygen atoms in total. The molecule has 0 radical (unpaired) electrons. The summed E-state index contributed by atoms with van der Waals surface area (Å²) in [4.78, 5) is 3.81. The summed E-state index contributed by atoms with van der Waals surface area (Å²) in [6.45, 7) is 1.50. The van der Waals surface area contributed by atoms with E-state index in [4.69, 9.17) is 25.4 Å². The average Bonchev–Trinajstić information content (AvgIpc) is 3.41. The molecule has 0 bridgehead atoms. The number of hydrogen-bond donors (Lipinski definition) is 0. The largest absolute Gasteiger partial charge is 0.496 e. The smallest absolute Gasteiger partial charge is 0.267 e. The van der Waals surface area contributed by atoms with E-state index in [0.29, 0.717) is 28.5 Å². The first-order valence-corrected chi connectivity index (χ1v) is 10.9. The van der Waals surface area contributed by atoms with Crippen LogP contribution in [0, 0.1) is 6.92 Å². The third-order valence-corrected chi connectivity index (χ3v) is 6.36. The van der Waals surface area contributed by atoms with E-state index in [9.17, 15) is 8.42 Å². The highest BCUT2D eigenvalue weighted by atomic mass is 35.5. The highest BCUT2D eigenvalue weighted by Gasteiger charge is 2.29. The Labute approximate surface area is 183 Å². The molecule has 0 saturated carbocycles. The molecule has 0 aliphatic heterocycles. The summed E-state index contributed by atoms with van der Waals surface area (Å²) in [6.07, 6.45) is 1.18. The maximum Gasteiger partial charge on any atom is 0.267 e. The average molecular weight is 461 g/mol. The first-order valence-electron chi connectivity index (χ1n) is 9.05. The summed E-state index contributed by atoms with van der Waals surface area (Å²) in [5, 5.41) is 8.10. The number of aryl methyl sites for hydroxylation is 1. The zero-order valence-electron chi connectivity index (χ0n) is 16.5. The van der Waals surface area contributed by atoms with Crippen LogP contribution in [0.2, 0.25) is 5.15 Å². The Bertz CT molecular complexity index is 1300. The van der Waals surface area contributed by atoms with Crippen molar-refractivity contribution < 1.29 is 22.2 Å². The van der Waals surface area contributed by atoms with Gasteiger partial charge in [-0.15, -0.1) is 0 Å². The highest BCUT2D eigenvalue weighted by molar-refractivity contribution is 7.92. The number of aromatic nitrogens is 3. The number of hydrogen-bond acceptors (Lipinski definition) is 8. The maximum atomic E-state index is 13.3. The summed E-state index contributed by atoms with van der Waals surface area (Å²) in [6, 6.07) is 13.2. The van der Waals surface area contributed by atoms with E-state index >= 15 is 0 Å². The van der Waals surface area contributed by atoms with Gasteiger partial charge in [-0.2, -0.15) is 0 Å². The summed E-state index contributed by atoms with van der Waals surface area (Å²) in [5.41, 5.74) is 1.22. The van der Waals surface area contributed by atoms with Crippen LogP contribution in [0.3, 0.4) is 0 Å². The Balaban J connectivity index is 1.71. The molecule has 4 aromatic rings. The second kappa shape index (κ2) is 8.40. The van der Waals surface area contributed by atoms with Gasteiger partial charge in [0.05, 0.1) is 13.7 Å². The first-order chi connectivity index (χ1) is 14.9. The molecule has 0 aliphatic rings. The van der Waals surface area contributed by atoms with Crippen molar-refractivity contribution in [1.82, 2.24) is 15.3 Å². The quantitative estimate of drug-likeness (QED) is 0.379. The van der Waals surface area contributed by atoms with Crippen LogP contribution in [-0.4, -0.2) is 30.8 Å². The number of nitrogens with zero attached hydrogens (tertiary/aromatic N) is 4. The molecule has 0 atom stereocenters. The number of methoxy groups -OCH3 is 1. The minimum absolute atomic E-state index is 0.0537. The topological polar surface area (TPSA) is 112 Å². The summed E-state index contributed by atoms with van der Waals surface area (Å²) in [7, 11) is -2.49. The summed E-state index contributed by atoms with van der Waals surface area (Å²) >= 11 is 5.80. The summed E-state index contributed by atoms with van der Waals surface area (Å²) < 4.78 is 43.5. The fourth-order valence-corrected chi connectivity index (χ4v) is 4.34. The molecule has 1 aromatic carbocycles. The molecule has 0 amide bonds. The minimum Gasteiger partial charge on any atom is -0.496 e. The van der Waals surface area contributed by atoms with Crippen molar-refractivity contribution in [2.45, 2.75) is 18.4 Å².